The normalized spacial score (nSPS) is 14.4. The number of hydrogen-bond donors (Lipinski definition) is 1. The molecule has 2 aromatic carbocycles. The zero-order valence-corrected chi connectivity index (χ0v) is 17.4. The van der Waals surface area contributed by atoms with E-state index in [0.717, 1.165) is 39.8 Å². The summed E-state index contributed by atoms with van der Waals surface area (Å²) in [5.41, 5.74) is 6.57. The number of rotatable bonds is 6. The maximum Gasteiger partial charge on any atom is 0.224 e. The van der Waals surface area contributed by atoms with Crippen molar-refractivity contribution in [1.29, 1.82) is 0 Å². The van der Waals surface area contributed by atoms with E-state index in [-0.39, 0.29) is 5.91 Å². The average Bonchev–Trinajstić information content (AvgIpc) is 3.24. The van der Waals surface area contributed by atoms with E-state index in [1.54, 1.807) is 0 Å². The van der Waals surface area contributed by atoms with Crippen LogP contribution in [0.3, 0.4) is 0 Å². The van der Waals surface area contributed by atoms with Crippen LogP contribution in [0.1, 0.15) is 40.8 Å². The predicted octanol–water partition coefficient (Wildman–Crippen LogP) is 4.31. The number of carbonyl (C=O) groups excluding carboxylic acids is 1. The fraction of sp³-hybridized carbons (Fsp3) is 0.360. The van der Waals surface area contributed by atoms with Crippen molar-refractivity contribution in [2.45, 2.75) is 46.2 Å². The predicted molar refractivity (Wildman–Crippen MR) is 118 cm³/mol. The summed E-state index contributed by atoms with van der Waals surface area (Å²) in [4.78, 5) is 19.8. The standard InChI is InChI=1S/C25H29N3O/c1-18-22-7-3-4-8-24(22)27-19(2)23(18)15-25(29)26-16-20-9-11-21(12-10-20)17-28-13-5-6-14-28/h3-4,7-12H,5-6,13-17H2,1-2H3,(H,26,29). The number of benzene rings is 2. The topological polar surface area (TPSA) is 45.2 Å². The number of pyridine rings is 1. The highest BCUT2D eigenvalue weighted by molar-refractivity contribution is 5.86. The molecule has 1 N–H and O–H groups in total. The summed E-state index contributed by atoms with van der Waals surface area (Å²) in [5.74, 6) is 0.0365. The molecule has 0 unspecified atom stereocenters. The Morgan fingerprint density at radius 3 is 2.45 bits per heavy atom. The third-order valence-corrected chi connectivity index (χ3v) is 5.94. The smallest absolute Gasteiger partial charge is 0.224 e. The number of hydrogen-bond acceptors (Lipinski definition) is 3. The van der Waals surface area contributed by atoms with E-state index in [1.165, 1.54) is 31.5 Å². The molecule has 1 saturated heterocycles. The molecule has 1 amide bonds. The fourth-order valence-electron chi connectivity index (χ4n) is 4.22. The van der Waals surface area contributed by atoms with Gasteiger partial charge in [-0.1, -0.05) is 42.5 Å². The van der Waals surface area contributed by atoms with Crippen LogP contribution in [0.2, 0.25) is 0 Å². The number of nitrogens with one attached hydrogen (secondary N) is 1. The van der Waals surface area contributed by atoms with Gasteiger partial charge in [0.2, 0.25) is 5.91 Å². The van der Waals surface area contributed by atoms with Gasteiger partial charge in [-0.05, 0) is 68.1 Å². The molecule has 1 aliphatic rings. The Hall–Kier alpha value is -2.72. The molecule has 1 aliphatic heterocycles. The summed E-state index contributed by atoms with van der Waals surface area (Å²) >= 11 is 0. The molecule has 1 aromatic heterocycles. The quantitative estimate of drug-likeness (QED) is 0.686. The summed E-state index contributed by atoms with van der Waals surface area (Å²) in [6.45, 7) is 8.07. The second-order valence-electron chi connectivity index (χ2n) is 8.07. The lowest BCUT2D eigenvalue weighted by Gasteiger charge is -2.15. The SMILES string of the molecule is Cc1nc2ccccc2c(C)c1CC(=O)NCc1ccc(CN2CCCC2)cc1. The number of para-hydroxylation sites is 1. The Morgan fingerprint density at radius 2 is 1.69 bits per heavy atom. The third-order valence-electron chi connectivity index (χ3n) is 5.94. The highest BCUT2D eigenvalue weighted by atomic mass is 16.1. The van der Waals surface area contributed by atoms with Crippen LogP contribution in [0.25, 0.3) is 10.9 Å². The maximum absolute atomic E-state index is 12.6. The number of aryl methyl sites for hydroxylation is 2. The van der Waals surface area contributed by atoms with E-state index in [2.05, 4.69) is 52.5 Å². The molecule has 0 radical (unpaired) electrons. The number of nitrogens with zero attached hydrogens (tertiary/aromatic N) is 2. The molecule has 4 nitrogen and oxygen atoms in total. The Balaban J connectivity index is 1.36. The number of aromatic nitrogens is 1. The molecule has 0 bridgehead atoms. The summed E-state index contributed by atoms with van der Waals surface area (Å²) in [6.07, 6.45) is 2.99. The summed E-state index contributed by atoms with van der Waals surface area (Å²) in [5, 5.41) is 4.19. The van der Waals surface area contributed by atoms with Gasteiger partial charge < -0.3 is 5.32 Å². The van der Waals surface area contributed by atoms with Gasteiger partial charge in [0.15, 0.2) is 0 Å². The maximum atomic E-state index is 12.6. The van der Waals surface area contributed by atoms with Crippen molar-refractivity contribution < 1.29 is 4.79 Å². The monoisotopic (exact) mass is 387 g/mol. The van der Waals surface area contributed by atoms with Crippen LogP contribution in [-0.4, -0.2) is 28.9 Å². The van der Waals surface area contributed by atoms with Gasteiger partial charge in [0, 0.05) is 24.2 Å². The first-order valence-electron chi connectivity index (χ1n) is 10.5. The fourth-order valence-corrected chi connectivity index (χ4v) is 4.22. The number of carbonyl (C=O) groups is 1. The number of fused-ring (bicyclic) bond motifs is 1. The van der Waals surface area contributed by atoms with E-state index in [0.29, 0.717) is 13.0 Å². The van der Waals surface area contributed by atoms with Gasteiger partial charge in [0.05, 0.1) is 11.9 Å². The zero-order chi connectivity index (χ0) is 20.2. The van der Waals surface area contributed by atoms with Crippen molar-refractivity contribution in [2.24, 2.45) is 0 Å². The lowest BCUT2D eigenvalue weighted by molar-refractivity contribution is -0.120. The first-order valence-corrected chi connectivity index (χ1v) is 10.5. The lowest BCUT2D eigenvalue weighted by atomic mass is 9.99. The van der Waals surface area contributed by atoms with Gasteiger partial charge in [-0.3, -0.25) is 14.7 Å². The molecule has 29 heavy (non-hydrogen) atoms. The molecular formula is C25H29N3O. The molecular weight excluding hydrogens is 358 g/mol. The van der Waals surface area contributed by atoms with Crippen molar-refractivity contribution in [3.05, 3.63) is 76.5 Å². The van der Waals surface area contributed by atoms with Crippen LogP contribution in [0.15, 0.2) is 48.5 Å². The van der Waals surface area contributed by atoms with Crippen molar-refractivity contribution >= 4 is 16.8 Å². The first kappa shape index (κ1) is 19.6. The highest BCUT2D eigenvalue weighted by Crippen LogP contribution is 2.23. The van der Waals surface area contributed by atoms with Gasteiger partial charge in [-0.15, -0.1) is 0 Å². The van der Waals surface area contributed by atoms with Crippen LogP contribution < -0.4 is 5.32 Å². The Bertz CT molecular complexity index is 1000. The highest BCUT2D eigenvalue weighted by Gasteiger charge is 2.13. The second-order valence-corrected chi connectivity index (χ2v) is 8.07. The molecule has 150 valence electrons. The van der Waals surface area contributed by atoms with Crippen molar-refractivity contribution in [1.82, 2.24) is 15.2 Å². The summed E-state index contributed by atoms with van der Waals surface area (Å²) in [6, 6.07) is 16.7. The third kappa shape index (κ3) is 4.65. The van der Waals surface area contributed by atoms with Gasteiger partial charge >= 0.3 is 0 Å². The minimum atomic E-state index is 0.0365. The summed E-state index contributed by atoms with van der Waals surface area (Å²) < 4.78 is 0. The van der Waals surface area contributed by atoms with Crippen molar-refractivity contribution in [3.8, 4) is 0 Å². The average molecular weight is 388 g/mol. The van der Waals surface area contributed by atoms with E-state index >= 15 is 0 Å². The zero-order valence-electron chi connectivity index (χ0n) is 17.4. The summed E-state index contributed by atoms with van der Waals surface area (Å²) in [7, 11) is 0. The van der Waals surface area contributed by atoms with E-state index < -0.39 is 0 Å². The molecule has 4 rings (SSSR count). The van der Waals surface area contributed by atoms with E-state index in [1.807, 2.05) is 25.1 Å². The molecule has 0 spiro atoms. The van der Waals surface area contributed by atoms with E-state index in [4.69, 9.17) is 0 Å². The Kier molecular flexibility index (Phi) is 5.91. The van der Waals surface area contributed by atoms with Crippen molar-refractivity contribution in [2.75, 3.05) is 13.1 Å². The number of amides is 1. The van der Waals surface area contributed by atoms with Crippen LogP contribution in [0.5, 0.6) is 0 Å². The van der Waals surface area contributed by atoms with Gasteiger partial charge in [0.1, 0.15) is 0 Å². The lowest BCUT2D eigenvalue weighted by Crippen LogP contribution is -2.25. The molecule has 2 heterocycles. The molecule has 1 fully saturated rings. The molecule has 4 heteroatoms. The minimum absolute atomic E-state index is 0.0365. The Labute approximate surface area is 173 Å². The van der Waals surface area contributed by atoms with Gasteiger partial charge in [0.25, 0.3) is 0 Å². The van der Waals surface area contributed by atoms with E-state index in [9.17, 15) is 4.79 Å². The second kappa shape index (κ2) is 8.75. The van der Waals surface area contributed by atoms with Crippen LogP contribution in [0, 0.1) is 13.8 Å². The van der Waals surface area contributed by atoms with Crippen LogP contribution in [0.4, 0.5) is 0 Å². The molecule has 0 aliphatic carbocycles. The van der Waals surface area contributed by atoms with Crippen molar-refractivity contribution in [3.63, 3.8) is 0 Å². The van der Waals surface area contributed by atoms with Gasteiger partial charge in [-0.25, -0.2) is 0 Å². The number of likely N-dealkylation sites (tertiary alicyclic amines) is 1. The Morgan fingerprint density at radius 1 is 1.00 bits per heavy atom. The molecule has 0 atom stereocenters. The first-order chi connectivity index (χ1) is 14.1. The largest absolute Gasteiger partial charge is 0.352 e. The molecule has 0 saturated carbocycles. The van der Waals surface area contributed by atoms with Crippen LogP contribution >= 0.6 is 0 Å². The minimum Gasteiger partial charge on any atom is -0.352 e. The van der Waals surface area contributed by atoms with Crippen LogP contribution in [-0.2, 0) is 24.3 Å². The van der Waals surface area contributed by atoms with Gasteiger partial charge in [-0.2, -0.15) is 0 Å². The molecule has 3 aromatic rings.